The van der Waals surface area contributed by atoms with E-state index in [4.69, 9.17) is 9.15 Å². The highest BCUT2D eigenvalue weighted by Crippen LogP contribution is 2.22. The molecule has 2 heterocycles. The molecule has 0 radical (unpaired) electrons. The molecule has 2 aromatic heterocycles. The van der Waals surface area contributed by atoms with Crippen LogP contribution >= 0.6 is 11.3 Å². The fourth-order valence-electron chi connectivity index (χ4n) is 1.78. The van der Waals surface area contributed by atoms with Crippen molar-refractivity contribution in [2.24, 2.45) is 0 Å². The van der Waals surface area contributed by atoms with Gasteiger partial charge in [-0.05, 0) is 31.2 Å². The molecule has 21 heavy (non-hydrogen) atoms. The molecular weight excluding hydrogens is 288 g/mol. The summed E-state index contributed by atoms with van der Waals surface area (Å²) in [6.45, 7) is 2.54. The minimum absolute atomic E-state index is 0.383. The van der Waals surface area contributed by atoms with Gasteiger partial charge in [0.1, 0.15) is 10.8 Å². The molecule has 0 aliphatic heterocycles. The van der Waals surface area contributed by atoms with Crippen molar-refractivity contribution in [3.05, 3.63) is 40.3 Å². The first-order chi connectivity index (χ1) is 10.2. The number of benzene rings is 1. The van der Waals surface area contributed by atoms with Crippen molar-refractivity contribution in [1.82, 2.24) is 15.2 Å². The number of nitrogens with zero attached hydrogens (tertiary/aromatic N) is 3. The van der Waals surface area contributed by atoms with E-state index in [1.54, 1.807) is 18.4 Å². The Bertz CT molecular complexity index is 721. The number of thiazole rings is 1. The number of hydrogen-bond donors (Lipinski definition) is 1. The summed E-state index contributed by atoms with van der Waals surface area (Å²) in [5, 5.41) is 14.1. The summed E-state index contributed by atoms with van der Waals surface area (Å²) in [6.07, 6.45) is 0. The number of aromatic nitrogens is 3. The Labute approximate surface area is 125 Å². The predicted molar refractivity (Wildman–Crippen MR) is 80.5 cm³/mol. The highest BCUT2D eigenvalue weighted by atomic mass is 32.1. The fraction of sp³-hybridized carbons (Fsp3) is 0.214. The molecule has 1 N–H and O–H groups in total. The van der Waals surface area contributed by atoms with Crippen molar-refractivity contribution in [1.29, 1.82) is 0 Å². The lowest BCUT2D eigenvalue weighted by molar-refractivity contribution is 0.415. The Hall–Kier alpha value is -2.41. The summed E-state index contributed by atoms with van der Waals surface area (Å²) in [6, 6.07) is 7.84. The molecule has 7 heteroatoms. The van der Waals surface area contributed by atoms with Gasteiger partial charge in [-0.1, -0.05) is 5.10 Å². The van der Waals surface area contributed by atoms with E-state index in [2.05, 4.69) is 20.5 Å². The summed E-state index contributed by atoms with van der Waals surface area (Å²) in [5.41, 5.74) is 1.86. The van der Waals surface area contributed by atoms with Gasteiger partial charge in [0.25, 0.3) is 0 Å². The Morgan fingerprint density at radius 3 is 2.71 bits per heavy atom. The minimum Gasteiger partial charge on any atom is -0.497 e. The average molecular weight is 302 g/mol. The maximum absolute atomic E-state index is 5.57. The van der Waals surface area contributed by atoms with E-state index in [0.717, 1.165) is 22.0 Å². The number of methoxy groups -OCH3 is 1. The molecule has 3 aromatic rings. The van der Waals surface area contributed by atoms with Gasteiger partial charge in [-0.2, -0.15) is 0 Å². The molecule has 0 amide bonds. The molecule has 0 unspecified atom stereocenters. The van der Waals surface area contributed by atoms with E-state index in [-0.39, 0.29) is 0 Å². The second-order valence-electron chi connectivity index (χ2n) is 4.38. The second-order valence-corrected chi connectivity index (χ2v) is 5.32. The molecule has 3 rings (SSSR count). The Morgan fingerprint density at radius 2 is 2.05 bits per heavy atom. The monoisotopic (exact) mass is 302 g/mol. The predicted octanol–water partition coefficient (Wildman–Crippen LogP) is 3.12. The van der Waals surface area contributed by atoms with Gasteiger partial charge >= 0.3 is 6.01 Å². The van der Waals surface area contributed by atoms with Gasteiger partial charge in [0.05, 0.1) is 13.7 Å². The lowest BCUT2D eigenvalue weighted by Crippen LogP contribution is -1.98. The van der Waals surface area contributed by atoms with Gasteiger partial charge in [0, 0.05) is 16.6 Å². The van der Waals surface area contributed by atoms with Gasteiger partial charge in [-0.25, -0.2) is 4.98 Å². The van der Waals surface area contributed by atoms with Gasteiger partial charge in [-0.15, -0.1) is 16.4 Å². The normalized spacial score (nSPS) is 10.6. The van der Waals surface area contributed by atoms with Crippen LogP contribution in [0.15, 0.2) is 34.1 Å². The van der Waals surface area contributed by atoms with Gasteiger partial charge in [0.15, 0.2) is 0 Å². The van der Waals surface area contributed by atoms with Crippen LogP contribution in [-0.2, 0) is 6.54 Å². The number of aryl methyl sites for hydroxylation is 1. The Morgan fingerprint density at radius 1 is 1.24 bits per heavy atom. The molecule has 0 aliphatic rings. The fourth-order valence-corrected chi connectivity index (χ4v) is 2.49. The van der Waals surface area contributed by atoms with Crippen LogP contribution in [0.1, 0.15) is 10.7 Å². The third kappa shape index (κ3) is 3.19. The van der Waals surface area contributed by atoms with Crippen LogP contribution in [-0.4, -0.2) is 22.3 Å². The second kappa shape index (κ2) is 5.92. The zero-order chi connectivity index (χ0) is 14.7. The van der Waals surface area contributed by atoms with E-state index in [0.29, 0.717) is 18.5 Å². The highest BCUT2D eigenvalue weighted by Gasteiger charge is 2.09. The van der Waals surface area contributed by atoms with Crippen molar-refractivity contribution in [3.8, 4) is 17.2 Å². The molecule has 0 saturated heterocycles. The number of ether oxygens (including phenoxy) is 1. The Balaban J connectivity index is 1.67. The third-order valence-corrected chi connectivity index (χ3v) is 3.79. The summed E-state index contributed by atoms with van der Waals surface area (Å²) in [4.78, 5) is 4.36. The Kier molecular flexibility index (Phi) is 3.83. The number of nitrogens with one attached hydrogen (secondary N) is 1. The molecule has 0 saturated carbocycles. The maximum Gasteiger partial charge on any atom is 0.316 e. The standard InChI is InChI=1S/C14H14N4O2S/c1-9-8-21-12(16-9)7-15-14-18-17-13(20-14)10-3-5-11(19-2)6-4-10/h3-6,8H,7H2,1-2H3,(H,15,18). The van der Waals surface area contributed by atoms with Crippen molar-refractivity contribution >= 4 is 17.4 Å². The highest BCUT2D eigenvalue weighted by molar-refractivity contribution is 7.09. The van der Waals surface area contributed by atoms with Crippen molar-refractivity contribution in [2.75, 3.05) is 12.4 Å². The first-order valence-corrected chi connectivity index (χ1v) is 7.25. The van der Waals surface area contributed by atoms with Gasteiger partial charge in [0.2, 0.25) is 5.89 Å². The minimum atomic E-state index is 0.383. The van der Waals surface area contributed by atoms with Gasteiger partial charge < -0.3 is 14.5 Å². The molecule has 0 spiro atoms. The van der Waals surface area contributed by atoms with E-state index >= 15 is 0 Å². The smallest absolute Gasteiger partial charge is 0.316 e. The number of rotatable bonds is 5. The summed E-state index contributed by atoms with van der Waals surface area (Å²) < 4.78 is 10.7. The van der Waals surface area contributed by atoms with Crippen LogP contribution < -0.4 is 10.1 Å². The molecule has 1 aromatic carbocycles. The van der Waals surface area contributed by atoms with Crippen LogP contribution in [0.3, 0.4) is 0 Å². The molecule has 108 valence electrons. The zero-order valence-electron chi connectivity index (χ0n) is 11.7. The molecular formula is C14H14N4O2S. The van der Waals surface area contributed by atoms with Crippen molar-refractivity contribution < 1.29 is 9.15 Å². The topological polar surface area (TPSA) is 73.1 Å². The summed E-state index contributed by atoms with van der Waals surface area (Å²) in [7, 11) is 1.63. The third-order valence-electron chi connectivity index (χ3n) is 2.82. The lowest BCUT2D eigenvalue weighted by atomic mass is 10.2. The van der Waals surface area contributed by atoms with Crippen LogP contribution in [0, 0.1) is 6.92 Å². The molecule has 0 bridgehead atoms. The average Bonchev–Trinajstić information content (AvgIpc) is 3.14. The quantitative estimate of drug-likeness (QED) is 0.780. The maximum atomic E-state index is 5.57. The van der Waals surface area contributed by atoms with Crippen LogP contribution in [0.2, 0.25) is 0 Å². The number of hydrogen-bond acceptors (Lipinski definition) is 7. The number of anilines is 1. The largest absolute Gasteiger partial charge is 0.497 e. The van der Waals surface area contributed by atoms with E-state index in [1.807, 2.05) is 36.6 Å². The van der Waals surface area contributed by atoms with Crippen LogP contribution in [0.4, 0.5) is 6.01 Å². The molecule has 6 nitrogen and oxygen atoms in total. The van der Waals surface area contributed by atoms with Crippen molar-refractivity contribution in [2.45, 2.75) is 13.5 Å². The van der Waals surface area contributed by atoms with E-state index in [1.165, 1.54) is 0 Å². The van der Waals surface area contributed by atoms with E-state index in [9.17, 15) is 0 Å². The van der Waals surface area contributed by atoms with Crippen LogP contribution in [0.25, 0.3) is 11.5 Å². The van der Waals surface area contributed by atoms with Crippen LogP contribution in [0.5, 0.6) is 5.75 Å². The molecule has 0 fully saturated rings. The summed E-state index contributed by atoms with van der Waals surface area (Å²) in [5.74, 6) is 1.26. The zero-order valence-corrected chi connectivity index (χ0v) is 12.5. The molecule has 0 atom stereocenters. The van der Waals surface area contributed by atoms with Gasteiger partial charge in [-0.3, -0.25) is 0 Å². The first kappa shape index (κ1) is 13.6. The van der Waals surface area contributed by atoms with Crippen molar-refractivity contribution in [3.63, 3.8) is 0 Å². The lowest BCUT2D eigenvalue weighted by Gasteiger charge is -1.99. The SMILES string of the molecule is COc1ccc(-c2nnc(NCc3nc(C)cs3)o2)cc1. The molecule has 0 aliphatic carbocycles. The summed E-state index contributed by atoms with van der Waals surface area (Å²) >= 11 is 1.60. The van der Waals surface area contributed by atoms with E-state index < -0.39 is 0 Å². The first-order valence-electron chi connectivity index (χ1n) is 6.37.